The van der Waals surface area contributed by atoms with Crippen LogP contribution in [0.25, 0.3) is 10.9 Å². The lowest BCUT2D eigenvalue weighted by atomic mass is 10.0. The van der Waals surface area contributed by atoms with Crippen LogP contribution in [-0.2, 0) is 9.53 Å². The molecule has 2 aromatic rings. The number of benzene rings is 1. The van der Waals surface area contributed by atoms with E-state index in [9.17, 15) is 4.79 Å². The van der Waals surface area contributed by atoms with E-state index in [0.29, 0.717) is 0 Å². The Morgan fingerprint density at radius 1 is 1.12 bits per heavy atom. The van der Waals surface area contributed by atoms with Gasteiger partial charge in [-0.15, -0.1) is 0 Å². The molecule has 2 aliphatic rings. The molecule has 0 bridgehead atoms. The molecule has 1 aliphatic carbocycles. The third-order valence-electron chi connectivity index (χ3n) is 4.48. The van der Waals surface area contributed by atoms with Gasteiger partial charge in [0.05, 0.1) is 0 Å². The molecule has 138 valence electrons. The number of hydrogen-bond donors (Lipinski definition) is 2. The number of aromatic amines is 1. The van der Waals surface area contributed by atoms with Gasteiger partial charge >= 0.3 is 0 Å². The Kier molecular flexibility index (Phi) is 8.84. The molecule has 4 rings (SSSR count). The molecule has 2 fully saturated rings. The van der Waals surface area contributed by atoms with Gasteiger partial charge in [0.2, 0.25) is 5.91 Å². The van der Waals surface area contributed by atoms with Gasteiger partial charge in [-0.25, -0.2) is 0 Å². The summed E-state index contributed by atoms with van der Waals surface area (Å²) in [4.78, 5) is 13.9. The standard InChI is InChI=1S/C8H6ClN.C6H11NO2.C6H12/c9-7-1-2-8-6(5-7)3-4-10-8;1-7-6(8)5-3-2-4-9-5;1-2-4-6-5-3-1/h1-5,10H;5H,2-4H2,1H3,(H,7,8);1-6H2/t;5-;/m.0./s1. The molecule has 1 saturated heterocycles. The molecule has 5 heteroatoms. The van der Waals surface area contributed by atoms with Crippen LogP contribution in [-0.4, -0.2) is 30.6 Å². The lowest BCUT2D eigenvalue weighted by Gasteiger charge is -2.05. The Morgan fingerprint density at radius 3 is 2.36 bits per heavy atom. The predicted octanol–water partition coefficient (Wildman–Crippen LogP) is 5.07. The van der Waals surface area contributed by atoms with E-state index in [2.05, 4.69) is 10.3 Å². The number of carbonyl (C=O) groups is 1. The van der Waals surface area contributed by atoms with E-state index in [1.54, 1.807) is 7.05 Å². The van der Waals surface area contributed by atoms with Crippen molar-refractivity contribution >= 4 is 28.4 Å². The number of nitrogens with one attached hydrogen (secondary N) is 2. The smallest absolute Gasteiger partial charge is 0.248 e. The Labute approximate surface area is 155 Å². The minimum Gasteiger partial charge on any atom is -0.368 e. The third kappa shape index (κ3) is 7.09. The molecule has 0 unspecified atom stereocenters. The maximum absolute atomic E-state index is 10.8. The van der Waals surface area contributed by atoms with Gasteiger partial charge in [-0.3, -0.25) is 4.79 Å². The van der Waals surface area contributed by atoms with Crippen LogP contribution < -0.4 is 5.32 Å². The summed E-state index contributed by atoms with van der Waals surface area (Å²) in [6.45, 7) is 0.734. The summed E-state index contributed by atoms with van der Waals surface area (Å²) < 4.78 is 5.09. The molecule has 0 radical (unpaired) electrons. The first-order valence-electron chi connectivity index (χ1n) is 9.26. The van der Waals surface area contributed by atoms with Crippen molar-refractivity contribution in [1.29, 1.82) is 0 Å². The van der Waals surface area contributed by atoms with Crippen LogP contribution in [0.4, 0.5) is 0 Å². The second kappa shape index (κ2) is 11.2. The highest BCUT2D eigenvalue weighted by molar-refractivity contribution is 6.31. The zero-order valence-corrected chi connectivity index (χ0v) is 15.8. The second-order valence-corrected chi connectivity index (χ2v) is 6.88. The van der Waals surface area contributed by atoms with Crippen molar-refractivity contribution in [2.45, 2.75) is 57.5 Å². The topological polar surface area (TPSA) is 54.1 Å². The summed E-state index contributed by atoms with van der Waals surface area (Å²) in [6.07, 6.45) is 12.6. The quantitative estimate of drug-likeness (QED) is 0.741. The van der Waals surface area contributed by atoms with Gasteiger partial charge in [-0.05, 0) is 37.1 Å². The van der Waals surface area contributed by atoms with Crippen molar-refractivity contribution in [3.63, 3.8) is 0 Å². The number of aromatic nitrogens is 1. The highest BCUT2D eigenvalue weighted by atomic mass is 35.5. The predicted molar refractivity (Wildman–Crippen MR) is 104 cm³/mol. The molecule has 1 aromatic carbocycles. The van der Waals surface area contributed by atoms with Crippen LogP contribution >= 0.6 is 11.6 Å². The average Bonchev–Trinajstić information content (AvgIpc) is 3.35. The number of carbonyl (C=O) groups excluding carboxylic acids is 1. The fourth-order valence-electron chi connectivity index (χ4n) is 3.03. The van der Waals surface area contributed by atoms with Gasteiger partial charge in [0, 0.05) is 35.8 Å². The number of ether oxygens (including phenoxy) is 1. The van der Waals surface area contributed by atoms with Gasteiger partial charge < -0.3 is 15.0 Å². The molecule has 2 N–H and O–H groups in total. The van der Waals surface area contributed by atoms with Crippen LogP contribution in [0, 0.1) is 0 Å². The van der Waals surface area contributed by atoms with Crippen molar-refractivity contribution in [3.8, 4) is 0 Å². The average molecular weight is 365 g/mol. The maximum atomic E-state index is 10.8. The number of likely N-dealkylation sites (N-methyl/N-ethyl adjacent to an activating group) is 1. The molecular weight excluding hydrogens is 336 g/mol. The third-order valence-corrected chi connectivity index (χ3v) is 4.72. The summed E-state index contributed by atoms with van der Waals surface area (Å²) in [7, 11) is 1.63. The molecule has 2 heterocycles. The zero-order valence-electron chi connectivity index (χ0n) is 15.0. The number of H-pyrrole nitrogens is 1. The van der Waals surface area contributed by atoms with Crippen LogP contribution in [0.5, 0.6) is 0 Å². The molecule has 1 amide bonds. The van der Waals surface area contributed by atoms with Gasteiger partial charge in [0.1, 0.15) is 6.10 Å². The van der Waals surface area contributed by atoms with Crippen molar-refractivity contribution in [3.05, 3.63) is 35.5 Å². The van der Waals surface area contributed by atoms with Crippen molar-refractivity contribution in [2.24, 2.45) is 0 Å². The van der Waals surface area contributed by atoms with E-state index in [0.717, 1.165) is 35.4 Å². The van der Waals surface area contributed by atoms with Gasteiger partial charge in [0.15, 0.2) is 0 Å². The Morgan fingerprint density at radius 2 is 1.80 bits per heavy atom. The monoisotopic (exact) mass is 364 g/mol. The number of amides is 1. The number of halogens is 1. The molecule has 1 saturated carbocycles. The maximum Gasteiger partial charge on any atom is 0.248 e. The van der Waals surface area contributed by atoms with Crippen molar-refractivity contribution < 1.29 is 9.53 Å². The molecule has 1 aromatic heterocycles. The molecular formula is C20H29ClN2O2. The summed E-state index contributed by atoms with van der Waals surface area (Å²) in [5.41, 5.74) is 1.13. The zero-order chi connectivity index (χ0) is 17.9. The lowest BCUT2D eigenvalue weighted by Crippen LogP contribution is -2.30. The van der Waals surface area contributed by atoms with Gasteiger partial charge in [-0.2, -0.15) is 0 Å². The van der Waals surface area contributed by atoms with Crippen molar-refractivity contribution in [1.82, 2.24) is 10.3 Å². The number of rotatable bonds is 1. The number of fused-ring (bicyclic) bond motifs is 1. The SMILES string of the molecule is C1CCCCC1.CNC(=O)[C@@H]1CCCO1.Clc1ccc2[nH]ccc2c1. The first kappa shape index (κ1) is 19.8. The highest BCUT2D eigenvalue weighted by Gasteiger charge is 2.21. The van der Waals surface area contributed by atoms with Crippen molar-refractivity contribution in [2.75, 3.05) is 13.7 Å². The van der Waals surface area contributed by atoms with E-state index in [4.69, 9.17) is 16.3 Å². The second-order valence-electron chi connectivity index (χ2n) is 6.45. The van der Waals surface area contributed by atoms with Gasteiger partial charge in [0.25, 0.3) is 0 Å². The summed E-state index contributed by atoms with van der Waals surface area (Å²) >= 11 is 5.76. The van der Waals surface area contributed by atoms with Gasteiger partial charge in [-0.1, -0.05) is 50.1 Å². The lowest BCUT2D eigenvalue weighted by molar-refractivity contribution is -0.129. The first-order valence-corrected chi connectivity index (χ1v) is 9.64. The van der Waals surface area contributed by atoms with E-state index >= 15 is 0 Å². The fourth-order valence-corrected chi connectivity index (χ4v) is 3.21. The fraction of sp³-hybridized carbons (Fsp3) is 0.550. The Bertz CT molecular complexity index is 620. The van der Waals surface area contributed by atoms with Crippen LogP contribution in [0.3, 0.4) is 0 Å². The number of hydrogen-bond acceptors (Lipinski definition) is 2. The molecule has 0 spiro atoms. The minimum atomic E-state index is -0.171. The molecule has 4 nitrogen and oxygen atoms in total. The van der Waals surface area contributed by atoms with Crippen LogP contribution in [0.15, 0.2) is 30.5 Å². The van der Waals surface area contributed by atoms with E-state index in [1.165, 1.54) is 38.5 Å². The Hall–Kier alpha value is -1.52. The summed E-state index contributed by atoms with van der Waals surface area (Å²) in [6, 6.07) is 7.78. The Balaban J connectivity index is 0.000000140. The minimum absolute atomic E-state index is 0.00694. The van der Waals surface area contributed by atoms with Crippen LogP contribution in [0.1, 0.15) is 51.4 Å². The normalized spacial score (nSPS) is 19.4. The first-order chi connectivity index (χ1) is 12.2. The largest absolute Gasteiger partial charge is 0.368 e. The van der Waals surface area contributed by atoms with Crippen LogP contribution in [0.2, 0.25) is 5.02 Å². The summed E-state index contributed by atoms with van der Waals surface area (Å²) in [5, 5.41) is 4.49. The van der Waals surface area contributed by atoms with E-state index in [-0.39, 0.29) is 12.0 Å². The summed E-state index contributed by atoms with van der Waals surface area (Å²) in [5.74, 6) is 0.00694. The van der Waals surface area contributed by atoms with E-state index in [1.807, 2.05) is 30.5 Å². The molecule has 1 atom stereocenters. The molecule has 25 heavy (non-hydrogen) atoms. The van der Waals surface area contributed by atoms with E-state index < -0.39 is 0 Å². The highest BCUT2D eigenvalue weighted by Crippen LogP contribution is 2.17. The molecule has 1 aliphatic heterocycles.